The Kier molecular flexibility index (Phi) is 4.01. The van der Waals surface area contributed by atoms with E-state index in [2.05, 4.69) is 5.32 Å². The van der Waals surface area contributed by atoms with Crippen LogP contribution in [0.25, 0.3) is 0 Å². The van der Waals surface area contributed by atoms with Crippen molar-refractivity contribution in [1.82, 2.24) is 0 Å². The number of rotatable bonds is 5. The molecule has 0 bridgehead atoms. The molecule has 1 heterocycles. The van der Waals surface area contributed by atoms with E-state index in [1.807, 2.05) is 0 Å². The van der Waals surface area contributed by atoms with Crippen molar-refractivity contribution in [3.8, 4) is 11.5 Å². The van der Waals surface area contributed by atoms with Gasteiger partial charge in [0.1, 0.15) is 0 Å². The summed E-state index contributed by atoms with van der Waals surface area (Å²) in [6.07, 6.45) is -0.0412. The average Bonchev–Trinajstić information content (AvgIpc) is 2.83. The maximum absolute atomic E-state index is 11.7. The first-order valence-electron chi connectivity index (χ1n) is 5.65. The van der Waals surface area contributed by atoms with Crippen molar-refractivity contribution in [3.63, 3.8) is 0 Å². The smallest absolute Gasteiger partial charge is 0.231 e. The third-order valence-electron chi connectivity index (χ3n) is 2.67. The van der Waals surface area contributed by atoms with E-state index in [0.29, 0.717) is 23.7 Å². The molecule has 2 rings (SSSR count). The number of benzene rings is 1. The first-order valence-corrected chi connectivity index (χ1v) is 5.65. The fourth-order valence-corrected chi connectivity index (χ4v) is 1.66. The van der Waals surface area contributed by atoms with E-state index in [9.17, 15) is 4.79 Å². The van der Waals surface area contributed by atoms with Crippen LogP contribution in [0.1, 0.15) is 6.42 Å². The van der Waals surface area contributed by atoms with E-state index in [1.165, 1.54) is 7.11 Å². The molecule has 0 radical (unpaired) electrons. The summed E-state index contributed by atoms with van der Waals surface area (Å²) in [5.41, 5.74) is 6.12. The van der Waals surface area contributed by atoms with E-state index < -0.39 is 0 Å². The zero-order chi connectivity index (χ0) is 13.0. The van der Waals surface area contributed by atoms with Crippen molar-refractivity contribution in [3.05, 3.63) is 18.2 Å². The van der Waals surface area contributed by atoms with Gasteiger partial charge in [0.25, 0.3) is 0 Å². The molecule has 1 unspecified atom stereocenters. The summed E-state index contributed by atoms with van der Waals surface area (Å²) in [6.45, 7) is 0.525. The molecule has 1 aromatic rings. The van der Waals surface area contributed by atoms with Gasteiger partial charge >= 0.3 is 0 Å². The Balaban J connectivity index is 1.95. The molecule has 1 atom stereocenters. The number of hydrogen-bond donors (Lipinski definition) is 2. The molecule has 6 nitrogen and oxygen atoms in total. The first-order chi connectivity index (χ1) is 8.72. The zero-order valence-corrected chi connectivity index (χ0v) is 10.1. The molecule has 1 aliphatic rings. The summed E-state index contributed by atoms with van der Waals surface area (Å²) in [6, 6.07) is 5.24. The van der Waals surface area contributed by atoms with Crippen LogP contribution in [0.3, 0.4) is 0 Å². The van der Waals surface area contributed by atoms with Gasteiger partial charge in [0.2, 0.25) is 12.7 Å². The summed E-state index contributed by atoms with van der Waals surface area (Å²) in [4.78, 5) is 11.7. The first kappa shape index (κ1) is 12.7. The van der Waals surface area contributed by atoms with E-state index in [4.69, 9.17) is 19.9 Å². The Morgan fingerprint density at radius 2 is 2.28 bits per heavy atom. The Labute approximate surface area is 105 Å². The van der Waals surface area contributed by atoms with Crippen LogP contribution in [-0.4, -0.2) is 32.5 Å². The van der Waals surface area contributed by atoms with Crippen molar-refractivity contribution in [2.75, 3.05) is 25.8 Å². The second-order valence-electron chi connectivity index (χ2n) is 3.91. The van der Waals surface area contributed by atoms with Gasteiger partial charge in [-0.05, 0) is 12.1 Å². The molecule has 0 saturated carbocycles. The highest BCUT2D eigenvalue weighted by molar-refractivity contribution is 5.91. The van der Waals surface area contributed by atoms with E-state index in [0.717, 1.165) is 0 Å². The highest BCUT2D eigenvalue weighted by Crippen LogP contribution is 2.34. The maximum atomic E-state index is 11.7. The van der Waals surface area contributed by atoms with Gasteiger partial charge in [-0.25, -0.2) is 0 Å². The number of nitrogens with one attached hydrogen (secondary N) is 1. The van der Waals surface area contributed by atoms with Gasteiger partial charge in [0, 0.05) is 25.4 Å². The predicted molar refractivity (Wildman–Crippen MR) is 65.7 cm³/mol. The number of ether oxygens (including phenoxy) is 3. The lowest BCUT2D eigenvalue weighted by Gasteiger charge is -2.12. The monoisotopic (exact) mass is 252 g/mol. The number of nitrogens with two attached hydrogens (primary N) is 1. The summed E-state index contributed by atoms with van der Waals surface area (Å²) < 4.78 is 15.5. The van der Waals surface area contributed by atoms with Gasteiger partial charge < -0.3 is 25.3 Å². The van der Waals surface area contributed by atoms with Gasteiger partial charge in [-0.1, -0.05) is 0 Å². The molecule has 6 heteroatoms. The molecule has 1 aliphatic heterocycles. The minimum Gasteiger partial charge on any atom is -0.454 e. The minimum absolute atomic E-state index is 0.147. The van der Waals surface area contributed by atoms with Crippen molar-refractivity contribution >= 4 is 11.6 Å². The number of amides is 1. The number of anilines is 1. The SMILES string of the molecule is COC(CN)CC(=O)Nc1ccc2c(c1)OCO2. The lowest BCUT2D eigenvalue weighted by Crippen LogP contribution is -2.28. The number of methoxy groups -OCH3 is 1. The molecule has 1 amide bonds. The van der Waals surface area contributed by atoms with Gasteiger partial charge in [0.05, 0.1) is 12.5 Å². The molecular weight excluding hydrogens is 236 g/mol. The van der Waals surface area contributed by atoms with E-state index in [-0.39, 0.29) is 25.2 Å². The van der Waals surface area contributed by atoms with Crippen molar-refractivity contribution in [2.24, 2.45) is 5.73 Å². The van der Waals surface area contributed by atoms with Crippen LogP contribution >= 0.6 is 0 Å². The van der Waals surface area contributed by atoms with Crippen LogP contribution in [0, 0.1) is 0 Å². The topological polar surface area (TPSA) is 82.8 Å². The van der Waals surface area contributed by atoms with Crippen LogP contribution in [-0.2, 0) is 9.53 Å². The number of carbonyl (C=O) groups is 1. The van der Waals surface area contributed by atoms with Crippen LogP contribution in [0.5, 0.6) is 11.5 Å². The minimum atomic E-state index is -0.265. The van der Waals surface area contributed by atoms with Gasteiger partial charge in [-0.3, -0.25) is 4.79 Å². The third-order valence-corrected chi connectivity index (χ3v) is 2.67. The molecule has 1 aromatic carbocycles. The highest BCUT2D eigenvalue weighted by atomic mass is 16.7. The molecule has 0 spiro atoms. The lowest BCUT2D eigenvalue weighted by molar-refractivity contribution is -0.118. The second kappa shape index (κ2) is 5.70. The molecule has 3 N–H and O–H groups in total. The summed E-state index contributed by atoms with van der Waals surface area (Å²) in [7, 11) is 1.53. The van der Waals surface area contributed by atoms with Gasteiger partial charge in [-0.2, -0.15) is 0 Å². The van der Waals surface area contributed by atoms with E-state index >= 15 is 0 Å². The Morgan fingerprint density at radius 1 is 1.50 bits per heavy atom. The molecule has 0 fully saturated rings. The largest absolute Gasteiger partial charge is 0.454 e. The van der Waals surface area contributed by atoms with Crippen LogP contribution in [0.15, 0.2) is 18.2 Å². The number of fused-ring (bicyclic) bond motifs is 1. The van der Waals surface area contributed by atoms with Gasteiger partial charge in [-0.15, -0.1) is 0 Å². The lowest BCUT2D eigenvalue weighted by atomic mass is 10.2. The third kappa shape index (κ3) is 2.91. The fourth-order valence-electron chi connectivity index (χ4n) is 1.66. The van der Waals surface area contributed by atoms with Crippen LogP contribution in [0.2, 0.25) is 0 Å². The van der Waals surface area contributed by atoms with Crippen LogP contribution in [0.4, 0.5) is 5.69 Å². The molecule has 0 aliphatic carbocycles. The molecule has 0 saturated heterocycles. The summed E-state index contributed by atoms with van der Waals surface area (Å²) in [5, 5.41) is 2.76. The summed E-state index contributed by atoms with van der Waals surface area (Å²) in [5.74, 6) is 1.17. The predicted octanol–water partition coefficient (Wildman–Crippen LogP) is 0.718. The molecule has 0 aromatic heterocycles. The number of carbonyl (C=O) groups excluding carboxylic acids is 1. The van der Waals surface area contributed by atoms with Crippen LogP contribution < -0.4 is 20.5 Å². The Hall–Kier alpha value is -1.79. The zero-order valence-electron chi connectivity index (χ0n) is 10.1. The molecule has 98 valence electrons. The van der Waals surface area contributed by atoms with Gasteiger partial charge in [0.15, 0.2) is 11.5 Å². The van der Waals surface area contributed by atoms with E-state index in [1.54, 1.807) is 18.2 Å². The standard InChI is InChI=1S/C12H16N2O4/c1-16-9(6-13)5-12(15)14-8-2-3-10-11(4-8)18-7-17-10/h2-4,9H,5-7,13H2,1H3,(H,14,15). The van der Waals surface area contributed by atoms with Crippen molar-refractivity contribution in [2.45, 2.75) is 12.5 Å². The normalized spacial score (nSPS) is 14.3. The Bertz CT molecular complexity index is 432. The Morgan fingerprint density at radius 3 is 3.00 bits per heavy atom. The quantitative estimate of drug-likeness (QED) is 0.806. The molecule has 18 heavy (non-hydrogen) atoms. The maximum Gasteiger partial charge on any atom is 0.231 e. The second-order valence-corrected chi connectivity index (χ2v) is 3.91. The molecular formula is C12H16N2O4. The van der Waals surface area contributed by atoms with Crippen molar-refractivity contribution < 1.29 is 19.0 Å². The highest BCUT2D eigenvalue weighted by Gasteiger charge is 2.15. The fraction of sp³-hybridized carbons (Fsp3) is 0.417. The number of hydrogen-bond acceptors (Lipinski definition) is 5. The van der Waals surface area contributed by atoms with Crippen molar-refractivity contribution in [1.29, 1.82) is 0 Å². The summed E-state index contributed by atoms with van der Waals surface area (Å²) >= 11 is 0. The average molecular weight is 252 g/mol.